The van der Waals surface area contributed by atoms with Gasteiger partial charge in [0, 0.05) is 5.92 Å². The largest absolute Gasteiger partial charge is 0.300 e. The summed E-state index contributed by atoms with van der Waals surface area (Å²) in [5.74, 6) is 1.44. The summed E-state index contributed by atoms with van der Waals surface area (Å²) in [7, 11) is 0. The van der Waals surface area contributed by atoms with Gasteiger partial charge >= 0.3 is 0 Å². The third-order valence-corrected chi connectivity index (χ3v) is 1.97. The van der Waals surface area contributed by atoms with Gasteiger partial charge in [0.25, 0.3) is 0 Å². The highest BCUT2D eigenvalue weighted by Gasteiger charge is 2.30. The molecule has 0 aromatic heterocycles. The lowest BCUT2D eigenvalue weighted by molar-refractivity contribution is -0.120. The maximum atomic E-state index is 10.6. The average Bonchev–Trinajstić information content (AvgIpc) is 2.43. The maximum Gasteiger partial charge on any atom is 0.132 e. The third kappa shape index (κ3) is 1.09. The Kier molecular flexibility index (Phi) is 1.37. The highest BCUT2D eigenvalue weighted by Crippen LogP contribution is 2.36. The molecule has 0 N–H and O–H groups in total. The minimum atomic E-state index is 0.343. The number of Topliss-reactive ketones (excluding diaryl/α,β-unsaturated/α-hetero) is 1. The van der Waals surface area contributed by atoms with E-state index in [1.807, 2.05) is 6.92 Å². The van der Waals surface area contributed by atoms with Gasteiger partial charge in [0.2, 0.25) is 0 Å². The summed E-state index contributed by atoms with van der Waals surface area (Å²) in [6, 6.07) is 0. The van der Waals surface area contributed by atoms with Gasteiger partial charge < -0.3 is 0 Å². The van der Waals surface area contributed by atoms with Gasteiger partial charge in [0.05, 0.1) is 0 Å². The van der Waals surface area contributed by atoms with Crippen molar-refractivity contribution >= 4 is 5.78 Å². The third-order valence-electron chi connectivity index (χ3n) is 1.97. The molecule has 0 spiro atoms. The van der Waals surface area contributed by atoms with Gasteiger partial charge in [-0.25, -0.2) is 0 Å². The molecule has 1 unspecified atom stereocenters. The predicted molar refractivity (Wildman–Crippen MR) is 32.6 cm³/mol. The van der Waals surface area contributed by atoms with Crippen LogP contribution >= 0.6 is 0 Å². The van der Waals surface area contributed by atoms with Crippen LogP contribution in [-0.2, 0) is 4.79 Å². The van der Waals surface area contributed by atoms with Gasteiger partial charge in [-0.3, -0.25) is 4.79 Å². The van der Waals surface area contributed by atoms with Crippen molar-refractivity contribution in [1.29, 1.82) is 0 Å². The Morgan fingerprint density at radius 3 is 2.25 bits per heavy atom. The van der Waals surface area contributed by atoms with E-state index < -0.39 is 0 Å². The molecular weight excluding hydrogens is 100 g/mol. The normalized spacial score (nSPS) is 22.8. The van der Waals surface area contributed by atoms with Gasteiger partial charge in [0.1, 0.15) is 5.78 Å². The lowest BCUT2D eigenvalue weighted by atomic mass is 10.0. The van der Waals surface area contributed by atoms with Crippen LogP contribution in [-0.4, -0.2) is 5.78 Å². The van der Waals surface area contributed by atoms with Crippen LogP contribution in [0.2, 0.25) is 0 Å². The molecule has 0 amide bonds. The van der Waals surface area contributed by atoms with E-state index >= 15 is 0 Å². The molecule has 8 heavy (non-hydrogen) atoms. The van der Waals surface area contributed by atoms with Crippen molar-refractivity contribution in [3.05, 3.63) is 0 Å². The average molecular weight is 112 g/mol. The van der Waals surface area contributed by atoms with Crippen LogP contribution in [0.1, 0.15) is 26.7 Å². The first-order valence-corrected chi connectivity index (χ1v) is 3.22. The molecule has 46 valence electrons. The number of carbonyl (C=O) groups excluding carboxylic acids is 1. The summed E-state index contributed by atoms with van der Waals surface area (Å²) in [4.78, 5) is 10.6. The Morgan fingerprint density at radius 2 is 2.12 bits per heavy atom. The molecule has 1 aliphatic carbocycles. The summed E-state index contributed by atoms with van der Waals surface area (Å²) < 4.78 is 0. The van der Waals surface area contributed by atoms with Gasteiger partial charge in [-0.05, 0) is 25.7 Å². The summed E-state index contributed by atoms with van der Waals surface area (Å²) >= 11 is 0. The molecule has 1 aliphatic rings. The fourth-order valence-corrected chi connectivity index (χ4v) is 0.928. The van der Waals surface area contributed by atoms with Crippen LogP contribution in [0.15, 0.2) is 0 Å². The van der Waals surface area contributed by atoms with Crippen molar-refractivity contribution in [3.63, 3.8) is 0 Å². The van der Waals surface area contributed by atoms with E-state index in [2.05, 4.69) is 0 Å². The predicted octanol–water partition coefficient (Wildman–Crippen LogP) is 1.62. The number of carbonyl (C=O) groups is 1. The molecule has 1 fully saturated rings. The molecule has 0 aromatic carbocycles. The second-order valence-corrected chi connectivity index (χ2v) is 2.74. The van der Waals surface area contributed by atoms with Crippen LogP contribution in [0.3, 0.4) is 0 Å². The topological polar surface area (TPSA) is 17.1 Å². The number of ketones is 1. The molecule has 0 aromatic rings. The van der Waals surface area contributed by atoms with Gasteiger partial charge in [-0.2, -0.15) is 0 Å². The van der Waals surface area contributed by atoms with Crippen LogP contribution in [0.4, 0.5) is 0 Å². The Hall–Kier alpha value is -0.330. The SMILES string of the molecule is CC(=O)C(C)C1CC1. The molecule has 1 atom stereocenters. The van der Waals surface area contributed by atoms with Crippen LogP contribution in [0.5, 0.6) is 0 Å². The van der Waals surface area contributed by atoms with Crippen molar-refractivity contribution in [3.8, 4) is 0 Å². The molecule has 1 heteroatoms. The second-order valence-electron chi connectivity index (χ2n) is 2.74. The maximum absolute atomic E-state index is 10.6. The minimum absolute atomic E-state index is 0.343. The van der Waals surface area contributed by atoms with Crippen LogP contribution in [0, 0.1) is 11.8 Å². The van der Waals surface area contributed by atoms with E-state index in [9.17, 15) is 4.79 Å². The molecule has 1 saturated carbocycles. The van der Waals surface area contributed by atoms with Crippen LogP contribution in [0.25, 0.3) is 0 Å². The molecule has 1 nitrogen and oxygen atoms in total. The molecule has 0 saturated heterocycles. The van der Waals surface area contributed by atoms with Crippen molar-refractivity contribution in [2.24, 2.45) is 11.8 Å². The van der Waals surface area contributed by atoms with E-state index in [0.29, 0.717) is 11.7 Å². The molecule has 0 heterocycles. The molecule has 0 aliphatic heterocycles. The molecular formula is C7H12O. The zero-order valence-corrected chi connectivity index (χ0v) is 5.48. The first-order valence-electron chi connectivity index (χ1n) is 3.22. The fraction of sp³-hybridized carbons (Fsp3) is 0.857. The molecule has 1 rings (SSSR count). The zero-order valence-electron chi connectivity index (χ0n) is 5.48. The van der Waals surface area contributed by atoms with Gasteiger partial charge in [0.15, 0.2) is 0 Å². The summed E-state index contributed by atoms with van der Waals surface area (Å²) in [6.45, 7) is 3.71. The zero-order chi connectivity index (χ0) is 6.15. The van der Waals surface area contributed by atoms with E-state index in [1.54, 1.807) is 6.92 Å². The Morgan fingerprint density at radius 1 is 1.62 bits per heavy atom. The van der Waals surface area contributed by atoms with Crippen LogP contribution < -0.4 is 0 Å². The molecule has 0 radical (unpaired) electrons. The second kappa shape index (κ2) is 1.88. The van der Waals surface area contributed by atoms with E-state index in [0.717, 1.165) is 5.92 Å². The summed E-state index contributed by atoms with van der Waals surface area (Å²) in [5.41, 5.74) is 0. The monoisotopic (exact) mass is 112 g/mol. The fourth-order valence-electron chi connectivity index (χ4n) is 0.928. The highest BCUT2D eigenvalue weighted by atomic mass is 16.1. The quantitative estimate of drug-likeness (QED) is 0.530. The number of rotatable bonds is 2. The van der Waals surface area contributed by atoms with Gasteiger partial charge in [-0.15, -0.1) is 0 Å². The Balaban J connectivity index is 2.32. The first-order chi connectivity index (χ1) is 3.72. The van der Waals surface area contributed by atoms with E-state index in [1.165, 1.54) is 12.8 Å². The van der Waals surface area contributed by atoms with Crippen molar-refractivity contribution in [2.45, 2.75) is 26.7 Å². The van der Waals surface area contributed by atoms with Gasteiger partial charge in [-0.1, -0.05) is 6.92 Å². The lowest BCUT2D eigenvalue weighted by Gasteiger charge is -2.01. The van der Waals surface area contributed by atoms with Crippen molar-refractivity contribution in [2.75, 3.05) is 0 Å². The Bertz CT molecular complexity index is 103. The summed E-state index contributed by atoms with van der Waals surface area (Å²) in [5, 5.41) is 0. The van der Waals surface area contributed by atoms with E-state index in [4.69, 9.17) is 0 Å². The first kappa shape index (κ1) is 5.80. The van der Waals surface area contributed by atoms with E-state index in [-0.39, 0.29) is 0 Å². The number of hydrogen-bond acceptors (Lipinski definition) is 1. The summed E-state index contributed by atoms with van der Waals surface area (Å²) in [6.07, 6.45) is 2.56. The smallest absolute Gasteiger partial charge is 0.132 e. The number of hydrogen-bond donors (Lipinski definition) is 0. The highest BCUT2D eigenvalue weighted by molar-refractivity contribution is 5.78. The lowest BCUT2D eigenvalue weighted by Crippen LogP contribution is -2.07. The standard InChI is InChI=1S/C7H12O/c1-5(6(2)8)7-3-4-7/h5,7H,3-4H2,1-2H3. The van der Waals surface area contributed by atoms with Crippen molar-refractivity contribution < 1.29 is 4.79 Å². The Labute approximate surface area is 50.1 Å². The van der Waals surface area contributed by atoms with Crippen molar-refractivity contribution in [1.82, 2.24) is 0 Å². The molecule has 0 bridgehead atoms. The minimum Gasteiger partial charge on any atom is -0.300 e.